The van der Waals surface area contributed by atoms with Crippen LogP contribution < -0.4 is 0 Å². The van der Waals surface area contributed by atoms with Gasteiger partial charge < -0.3 is 0 Å². The second kappa shape index (κ2) is 5.25. The summed E-state index contributed by atoms with van der Waals surface area (Å²) in [7, 11) is 0. The van der Waals surface area contributed by atoms with Crippen molar-refractivity contribution >= 4 is 0 Å². The summed E-state index contributed by atoms with van der Waals surface area (Å²) >= 11 is 0. The van der Waals surface area contributed by atoms with E-state index in [2.05, 4.69) is 30.3 Å². The highest BCUT2D eigenvalue weighted by Gasteiger charge is 2.33. The van der Waals surface area contributed by atoms with Gasteiger partial charge in [-0.2, -0.15) is 0 Å². The average molecular weight is 228 g/mol. The van der Waals surface area contributed by atoms with Crippen molar-refractivity contribution < 1.29 is 0 Å². The van der Waals surface area contributed by atoms with E-state index < -0.39 is 0 Å². The van der Waals surface area contributed by atoms with Gasteiger partial charge in [-0.25, -0.2) is 0 Å². The minimum absolute atomic E-state index is 0.876. The molecule has 0 heteroatoms. The first-order valence-electron chi connectivity index (χ1n) is 7.50. The normalized spacial score (nSPS) is 22.6. The molecule has 2 aliphatic carbocycles. The molecule has 3 rings (SSSR count). The largest absolute Gasteiger partial charge is 0.0622 e. The Morgan fingerprint density at radius 1 is 0.706 bits per heavy atom. The molecule has 0 aliphatic heterocycles. The predicted molar refractivity (Wildman–Crippen MR) is 73.1 cm³/mol. The van der Waals surface area contributed by atoms with E-state index in [1.165, 1.54) is 51.4 Å². The smallest absolute Gasteiger partial charge is 0.0105 e. The van der Waals surface area contributed by atoms with Gasteiger partial charge in [0, 0.05) is 0 Å². The molecule has 17 heavy (non-hydrogen) atoms. The zero-order chi connectivity index (χ0) is 11.5. The molecule has 2 fully saturated rings. The summed E-state index contributed by atoms with van der Waals surface area (Å²) in [6, 6.07) is 11.4. The molecule has 0 N–H and O–H groups in total. The molecule has 0 atom stereocenters. The molecule has 0 radical (unpaired) electrons. The summed E-state index contributed by atoms with van der Waals surface area (Å²) in [5.74, 6) is 2.85. The number of hydrogen-bond acceptors (Lipinski definition) is 0. The molecule has 2 aliphatic rings. The Morgan fingerprint density at radius 2 is 1.18 bits per heavy atom. The van der Waals surface area contributed by atoms with E-state index in [1.54, 1.807) is 5.56 Å². The summed E-state index contributed by atoms with van der Waals surface area (Å²) in [5, 5.41) is 0. The minimum atomic E-state index is 0.876. The number of benzene rings is 1. The fraction of sp³-hybridized carbons (Fsp3) is 0.647. The molecule has 0 amide bonds. The summed E-state index contributed by atoms with van der Waals surface area (Å²) in [6.45, 7) is 0. The van der Waals surface area contributed by atoms with Crippen molar-refractivity contribution in [2.45, 2.75) is 57.3 Å². The molecular weight excluding hydrogens is 204 g/mol. The van der Waals surface area contributed by atoms with Gasteiger partial charge in [-0.05, 0) is 49.0 Å². The van der Waals surface area contributed by atoms with Gasteiger partial charge in [0.1, 0.15) is 0 Å². The molecule has 0 heterocycles. The highest BCUT2D eigenvalue weighted by atomic mass is 14.4. The Balaban J connectivity index is 1.84. The molecule has 1 aromatic carbocycles. The Bertz CT molecular complexity index is 312. The second-order valence-electron chi connectivity index (χ2n) is 6.03. The fourth-order valence-corrected chi connectivity index (χ4v) is 4.24. The summed E-state index contributed by atoms with van der Waals surface area (Å²) < 4.78 is 0. The van der Waals surface area contributed by atoms with Gasteiger partial charge in [0.15, 0.2) is 0 Å². The summed E-state index contributed by atoms with van der Waals surface area (Å²) in [4.78, 5) is 0. The first kappa shape index (κ1) is 11.3. The van der Waals surface area contributed by atoms with E-state index in [0.717, 1.165) is 17.8 Å². The molecule has 0 saturated heterocycles. The number of rotatable bonds is 3. The third-order valence-electron chi connectivity index (χ3n) is 5.00. The summed E-state index contributed by atoms with van der Waals surface area (Å²) in [5.41, 5.74) is 1.63. The van der Waals surface area contributed by atoms with E-state index in [1.807, 2.05) is 0 Å². The zero-order valence-electron chi connectivity index (χ0n) is 10.8. The number of hydrogen-bond donors (Lipinski definition) is 0. The maximum atomic E-state index is 2.38. The lowest BCUT2D eigenvalue weighted by Gasteiger charge is -2.29. The van der Waals surface area contributed by atoms with E-state index in [4.69, 9.17) is 0 Å². The van der Waals surface area contributed by atoms with Crippen LogP contribution in [-0.2, 0) is 0 Å². The van der Waals surface area contributed by atoms with Crippen molar-refractivity contribution in [3.8, 4) is 0 Å². The molecule has 0 bridgehead atoms. The predicted octanol–water partition coefficient (Wildman–Crippen LogP) is 5.15. The monoisotopic (exact) mass is 228 g/mol. The van der Waals surface area contributed by atoms with Crippen molar-refractivity contribution in [1.82, 2.24) is 0 Å². The first-order chi connectivity index (χ1) is 8.45. The second-order valence-corrected chi connectivity index (χ2v) is 6.03. The van der Waals surface area contributed by atoms with Gasteiger partial charge >= 0.3 is 0 Å². The van der Waals surface area contributed by atoms with E-state index >= 15 is 0 Å². The fourth-order valence-electron chi connectivity index (χ4n) is 4.24. The molecule has 2 saturated carbocycles. The van der Waals surface area contributed by atoms with Crippen LogP contribution in [0.2, 0.25) is 0 Å². The lowest BCUT2D eigenvalue weighted by atomic mass is 9.75. The van der Waals surface area contributed by atoms with Crippen LogP contribution in [0.3, 0.4) is 0 Å². The Hall–Kier alpha value is -0.780. The average Bonchev–Trinajstić information content (AvgIpc) is 3.04. The Kier molecular flexibility index (Phi) is 3.49. The maximum absolute atomic E-state index is 2.38. The van der Waals surface area contributed by atoms with Crippen LogP contribution in [0.25, 0.3) is 0 Å². The van der Waals surface area contributed by atoms with Crippen molar-refractivity contribution in [2.75, 3.05) is 0 Å². The zero-order valence-corrected chi connectivity index (χ0v) is 10.8. The van der Waals surface area contributed by atoms with Crippen molar-refractivity contribution in [1.29, 1.82) is 0 Å². The van der Waals surface area contributed by atoms with Crippen LogP contribution in [0.1, 0.15) is 62.8 Å². The van der Waals surface area contributed by atoms with E-state index in [0.29, 0.717) is 0 Å². The molecule has 0 aromatic heterocycles. The first-order valence-corrected chi connectivity index (χ1v) is 7.50. The topological polar surface area (TPSA) is 0 Å². The third-order valence-corrected chi connectivity index (χ3v) is 5.00. The van der Waals surface area contributed by atoms with Crippen LogP contribution in [0.5, 0.6) is 0 Å². The molecular formula is C17H24. The third kappa shape index (κ3) is 2.41. The minimum Gasteiger partial charge on any atom is -0.0622 e. The summed E-state index contributed by atoms with van der Waals surface area (Å²) in [6.07, 6.45) is 11.8. The lowest BCUT2D eigenvalue weighted by molar-refractivity contribution is 0.315. The van der Waals surface area contributed by atoms with Gasteiger partial charge in [-0.3, -0.25) is 0 Å². The van der Waals surface area contributed by atoms with Crippen LogP contribution in [-0.4, -0.2) is 0 Å². The van der Waals surface area contributed by atoms with Gasteiger partial charge in [0.05, 0.1) is 0 Å². The molecule has 1 aromatic rings. The SMILES string of the molecule is c1ccc(C(C2CCCC2)C2CCCC2)cc1. The van der Waals surface area contributed by atoms with Crippen LogP contribution in [0.4, 0.5) is 0 Å². The maximum Gasteiger partial charge on any atom is -0.0105 e. The highest BCUT2D eigenvalue weighted by Crippen LogP contribution is 2.47. The van der Waals surface area contributed by atoms with Gasteiger partial charge in [-0.15, -0.1) is 0 Å². The van der Waals surface area contributed by atoms with Crippen LogP contribution >= 0.6 is 0 Å². The van der Waals surface area contributed by atoms with Crippen LogP contribution in [0, 0.1) is 11.8 Å². The van der Waals surface area contributed by atoms with E-state index in [9.17, 15) is 0 Å². The quantitative estimate of drug-likeness (QED) is 0.671. The molecule has 92 valence electrons. The lowest BCUT2D eigenvalue weighted by Crippen LogP contribution is -2.18. The van der Waals surface area contributed by atoms with Crippen LogP contribution in [0.15, 0.2) is 30.3 Å². The van der Waals surface area contributed by atoms with Crippen molar-refractivity contribution in [3.05, 3.63) is 35.9 Å². The van der Waals surface area contributed by atoms with Crippen molar-refractivity contribution in [3.63, 3.8) is 0 Å². The van der Waals surface area contributed by atoms with E-state index in [-0.39, 0.29) is 0 Å². The highest BCUT2D eigenvalue weighted by molar-refractivity contribution is 5.22. The van der Waals surface area contributed by atoms with Gasteiger partial charge in [-0.1, -0.05) is 56.0 Å². The van der Waals surface area contributed by atoms with Gasteiger partial charge in [0.25, 0.3) is 0 Å². The molecule has 0 spiro atoms. The molecule has 0 unspecified atom stereocenters. The molecule has 0 nitrogen and oxygen atoms in total. The standard InChI is InChI=1S/C17H24/c1-2-8-14(9-3-1)17(15-10-4-5-11-15)16-12-6-7-13-16/h1-3,8-9,15-17H,4-7,10-13H2. The Labute approximate surface area is 105 Å². The Morgan fingerprint density at radius 3 is 1.65 bits per heavy atom. The van der Waals surface area contributed by atoms with Gasteiger partial charge in [0.2, 0.25) is 0 Å². The van der Waals surface area contributed by atoms with Crippen molar-refractivity contribution in [2.24, 2.45) is 11.8 Å².